The third kappa shape index (κ3) is 2.97. The van der Waals surface area contributed by atoms with Crippen molar-refractivity contribution in [3.05, 3.63) is 53.7 Å². The Bertz CT molecular complexity index is 863. The van der Waals surface area contributed by atoms with Crippen molar-refractivity contribution in [2.24, 2.45) is 11.3 Å². The molecule has 2 aliphatic rings. The zero-order chi connectivity index (χ0) is 18.7. The van der Waals surface area contributed by atoms with Crippen molar-refractivity contribution in [1.82, 2.24) is 5.32 Å². The molecule has 6 heteroatoms. The van der Waals surface area contributed by atoms with E-state index in [0.717, 1.165) is 18.4 Å². The van der Waals surface area contributed by atoms with Gasteiger partial charge in [0.1, 0.15) is 5.76 Å². The van der Waals surface area contributed by atoms with E-state index < -0.39 is 11.4 Å². The number of rotatable bonds is 5. The summed E-state index contributed by atoms with van der Waals surface area (Å²) in [5.74, 6) is -0.279. The summed E-state index contributed by atoms with van der Waals surface area (Å²) in [5.41, 5.74) is 2.17. The van der Waals surface area contributed by atoms with Gasteiger partial charge in [-0.1, -0.05) is 12.7 Å². The highest BCUT2D eigenvalue weighted by Gasteiger charge is 2.46. The fourth-order valence-corrected chi connectivity index (χ4v) is 3.80. The summed E-state index contributed by atoms with van der Waals surface area (Å²) in [6.07, 6.45) is 5.79. The lowest BCUT2D eigenvalue weighted by Crippen LogP contribution is -2.43. The molecular formula is C20H19N3O3. The van der Waals surface area contributed by atoms with E-state index in [9.17, 15) is 15.3 Å². The number of methoxy groups -OCH3 is 1. The Balaban J connectivity index is 1.98. The zero-order valence-corrected chi connectivity index (χ0v) is 14.5. The molecule has 0 amide bonds. The molecule has 6 nitrogen and oxygen atoms in total. The molecular weight excluding hydrogens is 330 g/mol. The summed E-state index contributed by atoms with van der Waals surface area (Å²) in [4.78, 5) is 11.6. The normalized spacial score (nSPS) is 24.0. The molecule has 3 heterocycles. The minimum Gasteiger partial charge on any atom is -0.463 e. The Morgan fingerprint density at radius 3 is 2.88 bits per heavy atom. The minimum atomic E-state index is -1.38. The first kappa shape index (κ1) is 17.8. The van der Waals surface area contributed by atoms with Crippen LogP contribution >= 0.6 is 0 Å². The van der Waals surface area contributed by atoms with Crippen LogP contribution in [0.4, 0.5) is 0 Å². The monoisotopic (exact) mass is 349 g/mol. The molecule has 3 rings (SSSR count). The van der Waals surface area contributed by atoms with Crippen LogP contribution in [0.25, 0.3) is 0 Å². The summed E-state index contributed by atoms with van der Waals surface area (Å²) < 4.78 is 10.1. The van der Waals surface area contributed by atoms with Crippen LogP contribution in [-0.2, 0) is 11.2 Å². The maximum absolute atomic E-state index is 11.6. The van der Waals surface area contributed by atoms with Gasteiger partial charge in [0.05, 0.1) is 19.2 Å². The molecule has 3 atom stereocenters. The van der Waals surface area contributed by atoms with E-state index in [1.807, 2.05) is 12.2 Å². The second-order valence-electron chi connectivity index (χ2n) is 6.54. The lowest BCUT2D eigenvalue weighted by atomic mass is 9.70. The van der Waals surface area contributed by atoms with Gasteiger partial charge < -0.3 is 14.5 Å². The van der Waals surface area contributed by atoms with Crippen molar-refractivity contribution in [2.75, 3.05) is 7.11 Å². The van der Waals surface area contributed by atoms with E-state index in [4.69, 9.17) is 4.42 Å². The standard InChI is InChI=1S/C20H19N3O3/c1-3-4-15-16(9-13-5-7-17(15)23-13)20(11-21,12-22)10-14-6-8-18(26-14)19(24)25-2/h4,6,8-9,13,15,17,23H,1,5,7,10H2,2H3/t13-,15-,17?/m1/s1. The van der Waals surface area contributed by atoms with E-state index in [-0.39, 0.29) is 30.2 Å². The van der Waals surface area contributed by atoms with Gasteiger partial charge in [0.15, 0.2) is 5.41 Å². The molecule has 0 aromatic carbocycles. The van der Waals surface area contributed by atoms with E-state index >= 15 is 0 Å². The zero-order valence-electron chi connectivity index (χ0n) is 14.5. The van der Waals surface area contributed by atoms with Crippen LogP contribution in [0.2, 0.25) is 0 Å². The second-order valence-corrected chi connectivity index (χ2v) is 6.54. The molecule has 1 fully saturated rings. The fourth-order valence-electron chi connectivity index (χ4n) is 3.80. The molecule has 1 unspecified atom stereocenters. The molecule has 2 bridgehead atoms. The molecule has 1 N–H and O–H groups in total. The second kappa shape index (κ2) is 7.06. The van der Waals surface area contributed by atoms with Gasteiger partial charge in [-0.05, 0) is 36.6 Å². The lowest BCUT2D eigenvalue weighted by molar-refractivity contribution is 0.0562. The fraction of sp³-hybridized carbons (Fsp3) is 0.400. The molecule has 0 spiro atoms. The van der Waals surface area contributed by atoms with Gasteiger partial charge in [0, 0.05) is 24.4 Å². The smallest absolute Gasteiger partial charge is 0.373 e. The predicted octanol–water partition coefficient (Wildman–Crippen LogP) is 2.66. The van der Waals surface area contributed by atoms with Gasteiger partial charge >= 0.3 is 5.97 Å². The van der Waals surface area contributed by atoms with Crippen LogP contribution in [-0.4, -0.2) is 25.2 Å². The van der Waals surface area contributed by atoms with Crippen molar-refractivity contribution in [2.45, 2.75) is 31.3 Å². The summed E-state index contributed by atoms with van der Waals surface area (Å²) >= 11 is 0. The number of nitriles is 2. The lowest BCUT2D eigenvalue weighted by Gasteiger charge is -2.34. The quantitative estimate of drug-likeness (QED) is 0.498. The molecule has 0 radical (unpaired) electrons. The van der Waals surface area contributed by atoms with Crippen LogP contribution in [0.3, 0.4) is 0 Å². The molecule has 1 aromatic rings. The molecule has 1 saturated heterocycles. The Kier molecular flexibility index (Phi) is 4.82. The SMILES string of the molecule is C=C=C[C@@H]1C(C(C#N)(C#N)Cc2ccc(C(=O)OC)o2)=C[C@H]2CCC1N2. The average Bonchev–Trinajstić information content (AvgIpc) is 3.29. The highest BCUT2D eigenvalue weighted by molar-refractivity contribution is 5.86. The number of fused-ring (bicyclic) bond motifs is 2. The maximum Gasteiger partial charge on any atom is 0.373 e. The number of carbonyl (C=O) groups is 1. The maximum atomic E-state index is 11.6. The Labute approximate surface area is 152 Å². The molecule has 26 heavy (non-hydrogen) atoms. The number of carbonyl (C=O) groups excluding carboxylic acids is 1. The summed E-state index contributed by atoms with van der Waals surface area (Å²) in [6.45, 7) is 3.65. The van der Waals surface area contributed by atoms with Crippen molar-refractivity contribution in [1.29, 1.82) is 10.5 Å². The largest absolute Gasteiger partial charge is 0.463 e. The van der Waals surface area contributed by atoms with E-state index in [2.05, 4.69) is 34.5 Å². The van der Waals surface area contributed by atoms with Gasteiger partial charge in [0.2, 0.25) is 5.76 Å². The van der Waals surface area contributed by atoms with Gasteiger partial charge in [-0.25, -0.2) is 4.79 Å². The third-order valence-electron chi connectivity index (χ3n) is 5.05. The number of ether oxygens (including phenoxy) is 1. The molecule has 0 aliphatic carbocycles. The number of nitrogens with zero attached hydrogens (tertiary/aromatic N) is 2. The Morgan fingerprint density at radius 1 is 1.46 bits per heavy atom. The van der Waals surface area contributed by atoms with Crippen molar-refractivity contribution in [3.8, 4) is 12.1 Å². The van der Waals surface area contributed by atoms with Crippen molar-refractivity contribution < 1.29 is 13.9 Å². The van der Waals surface area contributed by atoms with Crippen LogP contribution < -0.4 is 5.32 Å². The highest BCUT2D eigenvalue weighted by atomic mass is 16.5. The van der Waals surface area contributed by atoms with E-state index in [1.165, 1.54) is 13.2 Å². The molecule has 132 valence electrons. The van der Waals surface area contributed by atoms with Gasteiger partial charge in [-0.3, -0.25) is 0 Å². The average molecular weight is 349 g/mol. The third-order valence-corrected chi connectivity index (χ3v) is 5.05. The van der Waals surface area contributed by atoms with Crippen LogP contribution in [0.1, 0.15) is 29.2 Å². The summed E-state index contributed by atoms with van der Waals surface area (Å²) in [7, 11) is 1.27. The van der Waals surface area contributed by atoms with Gasteiger partial charge in [-0.15, -0.1) is 5.73 Å². The Morgan fingerprint density at radius 2 is 2.23 bits per heavy atom. The number of hydrogen-bond donors (Lipinski definition) is 1. The van der Waals surface area contributed by atoms with Gasteiger partial charge in [-0.2, -0.15) is 10.5 Å². The van der Waals surface area contributed by atoms with Crippen LogP contribution in [0, 0.1) is 34.0 Å². The first-order valence-corrected chi connectivity index (χ1v) is 8.40. The molecule has 1 aromatic heterocycles. The summed E-state index contributed by atoms with van der Waals surface area (Å²) in [6, 6.07) is 7.80. The first-order valence-electron chi connectivity index (χ1n) is 8.40. The topological polar surface area (TPSA) is 99.1 Å². The van der Waals surface area contributed by atoms with E-state index in [0.29, 0.717) is 5.76 Å². The molecule has 0 saturated carbocycles. The number of nitrogens with one attached hydrogen (secondary N) is 1. The minimum absolute atomic E-state index is 0.0502. The van der Waals surface area contributed by atoms with Crippen molar-refractivity contribution in [3.63, 3.8) is 0 Å². The summed E-state index contributed by atoms with van der Waals surface area (Å²) in [5, 5.41) is 23.3. The van der Waals surface area contributed by atoms with E-state index in [1.54, 1.807) is 6.07 Å². The van der Waals surface area contributed by atoms with Crippen LogP contribution in [0.15, 0.2) is 46.6 Å². The number of furan rings is 1. The molecule has 2 aliphatic heterocycles. The Hall–Kier alpha value is -3.05. The van der Waals surface area contributed by atoms with Crippen molar-refractivity contribution >= 4 is 5.97 Å². The number of esters is 1. The number of hydrogen-bond acceptors (Lipinski definition) is 6. The highest BCUT2D eigenvalue weighted by Crippen LogP contribution is 2.43. The first-order chi connectivity index (χ1) is 12.6. The predicted molar refractivity (Wildman–Crippen MR) is 92.6 cm³/mol. The van der Waals surface area contributed by atoms with Gasteiger partial charge in [0.25, 0.3) is 0 Å². The van der Waals surface area contributed by atoms with Crippen LogP contribution in [0.5, 0.6) is 0 Å².